The Morgan fingerprint density at radius 3 is 3.27 bits per heavy atom. The third-order valence-electron chi connectivity index (χ3n) is 1.87. The first-order valence-corrected chi connectivity index (χ1v) is 3.68. The standard InChI is InChI=1S/C7H10N2O2/c10-7-5-11-4-6-3-8-1-2-9(6)7/h3,8H,1-2,4-5H2. The minimum absolute atomic E-state index is 0.0731. The van der Waals surface area contributed by atoms with E-state index in [1.165, 1.54) is 0 Å². The van der Waals surface area contributed by atoms with Gasteiger partial charge in [0.15, 0.2) is 0 Å². The van der Waals surface area contributed by atoms with Crippen molar-refractivity contribution >= 4 is 5.91 Å². The van der Waals surface area contributed by atoms with Gasteiger partial charge in [0.1, 0.15) is 6.61 Å². The van der Waals surface area contributed by atoms with Gasteiger partial charge in [0.25, 0.3) is 5.91 Å². The molecule has 2 rings (SSSR count). The summed E-state index contributed by atoms with van der Waals surface area (Å²) in [5.41, 5.74) is 0.951. The highest BCUT2D eigenvalue weighted by Crippen LogP contribution is 2.12. The smallest absolute Gasteiger partial charge is 0.252 e. The van der Waals surface area contributed by atoms with Gasteiger partial charge in [-0.2, -0.15) is 0 Å². The second kappa shape index (κ2) is 2.54. The lowest BCUT2D eigenvalue weighted by atomic mass is 10.3. The van der Waals surface area contributed by atoms with Crippen LogP contribution in [0.15, 0.2) is 11.9 Å². The van der Waals surface area contributed by atoms with Crippen LogP contribution >= 0.6 is 0 Å². The molecule has 0 aromatic carbocycles. The summed E-state index contributed by atoms with van der Waals surface area (Å²) in [6, 6.07) is 0. The molecule has 0 bridgehead atoms. The summed E-state index contributed by atoms with van der Waals surface area (Å²) in [4.78, 5) is 12.9. The SMILES string of the molecule is O=C1COCC2=CNCCN12. The Labute approximate surface area is 64.8 Å². The van der Waals surface area contributed by atoms with Crippen molar-refractivity contribution in [3.8, 4) is 0 Å². The number of nitrogens with one attached hydrogen (secondary N) is 1. The maximum Gasteiger partial charge on any atom is 0.252 e. The van der Waals surface area contributed by atoms with E-state index in [2.05, 4.69) is 5.32 Å². The number of nitrogens with zero attached hydrogens (tertiary/aromatic N) is 1. The average molecular weight is 154 g/mol. The number of rotatable bonds is 0. The summed E-state index contributed by atoms with van der Waals surface area (Å²) in [5, 5.41) is 3.07. The van der Waals surface area contributed by atoms with E-state index in [0.29, 0.717) is 6.61 Å². The van der Waals surface area contributed by atoms with Crippen molar-refractivity contribution in [2.75, 3.05) is 26.3 Å². The predicted octanol–water partition coefficient (Wildman–Crippen LogP) is -0.710. The molecule has 11 heavy (non-hydrogen) atoms. The normalized spacial score (nSPS) is 23.8. The number of fused-ring (bicyclic) bond motifs is 1. The number of morpholine rings is 1. The van der Waals surface area contributed by atoms with Crippen LogP contribution in [0.5, 0.6) is 0 Å². The van der Waals surface area contributed by atoms with E-state index in [1.807, 2.05) is 6.20 Å². The molecule has 0 unspecified atom stereocenters. The van der Waals surface area contributed by atoms with Gasteiger partial charge in [-0.05, 0) is 0 Å². The lowest BCUT2D eigenvalue weighted by Crippen LogP contribution is -2.46. The topological polar surface area (TPSA) is 41.6 Å². The summed E-state index contributed by atoms with van der Waals surface area (Å²) in [7, 11) is 0. The number of carbonyl (C=O) groups excluding carboxylic acids is 1. The van der Waals surface area contributed by atoms with Crippen LogP contribution in [0, 0.1) is 0 Å². The summed E-state index contributed by atoms with van der Waals surface area (Å²) < 4.78 is 5.05. The Morgan fingerprint density at radius 2 is 2.45 bits per heavy atom. The zero-order valence-corrected chi connectivity index (χ0v) is 6.17. The number of hydrogen-bond acceptors (Lipinski definition) is 3. The van der Waals surface area contributed by atoms with E-state index in [9.17, 15) is 4.79 Å². The van der Waals surface area contributed by atoms with E-state index < -0.39 is 0 Å². The minimum atomic E-state index is 0.0731. The van der Waals surface area contributed by atoms with Gasteiger partial charge in [-0.25, -0.2) is 0 Å². The largest absolute Gasteiger partial charge is 0.388 e. The molecule has 60 valence electrons. The first-order chi connectivity index (χ1) is 5.38. The van der Waals surface area contributed by atoms with Gasteiger partial charge in [-0.1, -0.05) is 0 Å². The summed E-state index contributed by atoms with van der Waals surface area (Å²) in [6.07, 6.45) is 1.85. The monoisotopic (exact) mass is 154 g/mol. The molecule has 2 aliphatic rings. The van der Waals surface area contributed by atoms with Crippen molar-refractivity contribution in [1.82, 2.24) is 10.2 Å². The van der Waals surface area contributed by atoms with Gasteiger partial charge in [0.2, 0.25) is 0 Å². The molecule has 0 aromatic heterocycles. The molecular weight excluding hydrogens is 144 g/mol. The molecule has 1 amide bonds. The van der Waals surface area contributed by atoms with E-state index in [-0.39, 0.29) is 12.5 Å². The van der Waals surface area contributed by atoms with Crippen LogP contribution in [-0.2, 0) is 9.53 Å². The molecule has 4 heteroatoms. The van der Waals surface area contributed by atoms with Gasteiger partial charge in [0.05, 0.1) is 12.3 Å². The highest BCUT2D eigenvalue weighted by molar-refractivity contribution is 5.80. The molecule has 1 saturated heterocycles. The number of amides is 1. The van der Waals surface area contributed by atoms with Crippen LogP contribution < -0.4 is 5.32 Å². The molecule has 0 radical (unpaired) electrons. The summed E-state index contributed by atoms with van der Waals surface area (Å²) in [5.74, 6) is 0.0731. The van der Waals surface area contributed by atoms with Crippen LogP contribution in [-0.4, -0.2) is 37.1 Å². The lowest BCUT2D eigenvalue weighted by molar-refractivity contribution is -0.138. The fourth-order valence-corrected chi connectivity index (χ4v) is 1.31. The van der Waals surface area contributed by atoms with Gasteiger partial charge in [-0.15, -0.1) is 0 Å². The molecule has 2 heterocycles. The number of hydrogen-bond donors (Lipinski definition) is 1. The molecule has 1 fully saturated rings. The number of carbonyl (C=O) groups is 1. The van der Waals surface area contributed by atoms with Crippen LogP contribution in [0.3, 0.4) is 0 Å². The average Bonchev–Trinajstić information content (AvgIpc) is 2.06. The highest BCUT2D eigenvalue weighted by atomic mass is 16.5. The van der Waals surface area contributed by atoms with Crippen molar-refractivity contribution < 1.29 is 9.53 Å². The first-order valence-electron chi connectivity index (χ1n) is 3.68. The quantitative estimate of drug-likeness (QED) is 0.501. The molecule has 0 aliphatic carbocycles. The molecule has 2 aliphatic heterocycles. The summed E-state index contributed by atoms with van der Waals surface area (Å²) in [6.45, 7) is 2.40. The molecule has 0 atom stereocenters. The molecule has 0 spiro atoms. The summed E-state index contributed by atoms with van der Waals surface area (Å²) >= 11 is 0. The Balaban J connectivity index is 2.20. The predicted molar refractivity (Wildman–Crippen MR) is 38.6 cm³/mol. The first kappa shape index (κ1) is 6.67. The maximum absolute atomic E-state index is 11.2. The van der Waals surface area contributed by atoms with Crippen LogP contribution in [0.4, 0.5) is 0 Å². The van der Waals surface area contributed by atoms with Gasteiger partial charge in [0, 0.05) is 19.3 Å². The van der Waals surface area contributed by atoms with Gasteiger partial charge in [-0.3, -0.25) is 4.79 Å². The Bertz CT molecular complexity index is 212. The molecular formula is C7H10N2O2. The van der Waals surface area contributed by atoms with E-state index in [1.54, 1.807) is 4.90 Å². The lowest BCUT2D eigenvalue weighted by Gasteiger charge is -2.32. The van der Waals surface area contributed by atoms with Crippen LogP contribution in [0.25, 0.3) is 0 Å². The highest BCUT2D eigenvalue weighted by Gasteiger charge is 2.24. The van der Waals surface area contributed by atoms with Crippen molar-refractivity contribution in [3.63, 3.8) is 0 Å². The van der Waals surface area contributed by atoms with Gasteiger partial charge >= 0.3 is 0 Å². The minimum Gasteiger partial charge on any atom is -0.388 e. The fraction of sp³-hybridized carbons (Fsp3) is 0.571. The Morgan fingerprint density at radius 1 is 1.55 bits per heavy atom. The fourth-order valence-electron chi connectivity index (χ4n) is 1.31. The zero-order valence-electron chi connectivity index (χ0n) is 6.17. The third-order valence-corrected chi connectivity index (χ3v) is 1.87. The number of ether oxygens (including phenoxy) is 1. The Hall–Kier alpha value is -1.03. The van der Waals surface area contributed by atoms with Crippen molar-refractivity contribution in [2.24, 2.45) is 0 Å². The molecule has 0 aromatic rings. The molecule has 0 saturated carbocycles. The second-order valence-corrected chi connectivity index (χ2v) is 2.63. The Kier molecular flexibility index (Phi) is 1.54. The van der Waals surface area contributed by atoms with E-state index >= 15 is 0 Å². The van der Waals surface area contributed by atoms with Gasteiger partial charge < -0.3 is 15.0 Å². The van der Waals surface area contributed by atoms with Crippen molar-refractivity contribution in [1.29, 1.82) is 0 Å². The third kappa shape index (κ3) is 1.09. The van der Waals surface area contributed by atoms with Crippen molar-refractivity contribution in [2.45, 2.75) is 0 Å². The maximum atomic E-state index is 11.2. The van der Waals surface area contributed by atoms with Crippen LogP contribution in [0.1, 0.15) is 0 Å². The van der Waals surface area contributed by atoms with E-state index in [4.69, 9.17) is 4.74 Å². The van der Waals surface area contributed by atoms with Crippen molar-refractivity contribution in [3.05, 3.63) is 11.9 Å². The molecule has 4 nitrogen and oxygen atoms in total. The molecule has 1 N–H and O–H groups in total. The van der Waals surface area contributed by atoms with Crippen LogP contribution in [0.2, 0.25) is 0 Å². The zero-order chi connectivity index (χ0) is 7.68. The van der Waals surface area contributed by atoms with E-state index in [0.717, 1.165) is 18.8 Å². The second-order valence-electron chi connectivity index (χ2n) is 2.63.